The molecule has 0 saturated carbocycles. The number of hydroxylamine groups is 1. The highest BCUT2D eigenvalue weighted by molar-refractivity contribution is 5.94. The minimum Gasteiger partial charge on any atom is -0.352 e. The number of hydrogen-bond acceptors (Lipinski definition) is 5. The Bertz CT molecular complexity index is 951. The Kier molecular flexibility index (Phi) is 7.40. The monoisotopic (exact) mass is 409 g/mol. The number of aromatic amines is 1. The van der Waals surface area contributed by atoms with Crippen LogP contribution in [0.25, 0.3) is 11.0 Å². The largest absolute Gasteiger partial charge is 0.352 e. The highest BCUT2D eigenvalue weighted by Crippen LogP contribution is 2.23. The molecule has 0 radical (unpaired) electrons. The molecule has 0 fully saturated rings. The van der Waals surface area contributed by atoms with Crippen LogP contribution in [0.4, 0.5) is 11.6 Å². The van der Waals surface area contributed by atoms with Crippen molar-refractivity contribution in [1.82, 2.24) is 20.8 Å². The molecule has 3 rings (SSSR count). The number of hydrogen-bond donors (Lipinski definition) is 4. The van der Waals surface area contributed by atoms with Crippen molar-refractivity contribution in [3.63, 3.8) is 0 Å². The summed E-state index contributed by atoms with van der Waals surface area (Å²) >= 11 is 0. The van der Waals surface area contributed by atoms with Gasteiger partial charge in [0.05, 0.1) is 11.0 Å². The number of carbonyl (C=O) groups is 2. The third kappa shape index (κ3) is 5.57. The lowest BCUT2D eigenvalue weighted by atomic mass is 10.1. The normalized spacial score (nSPS) is 10.7. The van der Waals surface area contributed by atoms with Crippen LogP contribution in [0.5, 0.6) is 0 Å². The molecule has 4 N–H and O–H groups in total. The van der Waals surface area contributed by atoms with Gasteiger partial charge in [-0.1, -0.05) is 25.0 Å². The van der Waals surface area contributed by atoms with Crippen molar-refractivity contribution in [1.29, 1.82) is 0 Å². The first-order chi connectivity index (χ1) is 14.6. The summed E-state index contributed by atoms with van der Waals surface area (Å²) in [6.07, 6.45) is 3.68. The first kappa shape index (κ1) is 21.3. The van der Waals surface area contributed by atoms with Crippen molar-refractivity contribution in [3.8, 4) is 0 Å². The average molecular weight is 409 g/mol. The SMILES string of the molecule is CN(c1ccc(C(=O)NCCCCCCC(=O)NO)cc1)c1nc2ccccc2[nH]1. The fourth-order valence-corrected chi connectivity index (χ4v) is 3.18. The third-order valence-electron chi connectivity index (χ3n) is 4.95. The molecule has 0 spiro atoms. The van der Waals surface area contributed by atoms with Crippen LogP contribution < -0.4 is 15.7 Å². The van der Waals surface area contributed by atoms with Crippen LogP contribution in [0.15, 0.2) is 48.5 Å². The van der Waals surface area contributed by atoms with Crippen LogP contribution in [-0.2, 0) is 4.79 Å². The summed E-state index contributed by atoms with van der Waals surface area (Å²) in [6, 6.07) is 15.3. The number of para-hydroxylation sites is 2. The van der Waals surface area contributed by atoms with Crippen LogP contribution in [0.2, 0.25) is 0 Å². The highest BCUT2D eigenvalue weighted by Gasteiger charge is 2.11. The van der Waals surface area contributed by atoms with Gasteiger partial charge in [0.25, 0.3) is 5.91 Å². The standard InChI is InChI=1S/C22H27N5O3/c1-27(22-24-18-8-5-6-9-19(18)25-22)17-13-11-16(12-14-17)21(29)23-15-7-3-2-4-10-20(28)26-30/h5-6,8-9,11-14,30H,2-4,7,10,15H2,1H3,(H,23,29)(H,24,25)(H,26,28). The first-order valence-corrected chi connectivity index (χ1v) is 10.1. The quantitative estimate of drug-likeness (QED) is 0.233. The first-order valence-electron chi connectivity index (χ1n) is 10.1. The Morgan fingerprint density at radius 3 is 2.50 bits per heavy atom. The van der Waals surface area contributed by atoms with Gasteiger partial charge in [-0.2, -0.15) is 0 Å². The molecule has 0 aliphatic carbocycles. The molecular weight excluding hydrogens is 382 g/mol. The lowest BCUT2D eigenvalue weighted by Crippen LogP contribution is -2.24. The van der Waals surface area contributed by atoms with Gasteiger partial charge in [-0.15, -0.1) is 0 Å². The maximum atomic E-state index is 12.3. The molecule has 0 atom stereocenters. The van der Waals surface area contributed by atoms with Crippen molar-refractivity contribution >= 4 is 34.5 Å². The zero-order valence-corrected chi connectivity index (χ0v) is 17.0. The number of aromatic nitrogens is 2. The van der Waals surface area contributed by atoms with Gasteiger partial charge in [0, 0.05) is 31.3 Å². The maximum Gasteiger partial charge on any atom is 0.251 e. The second kappa shape index (κ2) is 10.4. The van der Waals surface area contributed by atoms with Gasteiger partial charge >= 0.3 is 0 Å². The number of fused-ring (bicyclic) bond motifs is 1. The van der Waals surface area contributed by atoms with E-state index in [1.54, 1.807) is 17.6 Å². The molecule has 1 aromatic heterocycles. The Balaban J connectivity index is 1.45. The molecule has 8 heteroatoms. The number of amides is 2. The van der Waals surface area contributed by atoms with Crippen LogP contribution in [0, 0.1) is 0 Å². The molecular formula is C22H27N5O3. The van der Waals surface area contributed by atoms with E-state index in [9.17, 15) is 9.59 Å². The minimum absolute atomic E-state index is 0.104. The Labute approximate surface area is 175 Å². The molecule has 1 heterocycles. The Morgan fingerprint density at radius 1 is 1.03 bits per heavy atom. The Hall–Kier alpha value is -3.39. The molecule has 3 aromatic rings. The molecule has 30 heavy (non-hydrogen) atoms. The maximum absolute atomic E-state index is 12.3. The fourth-order valence-electron chi connectivity index (χ4n) is 3.18. The minimum atomic E-state index is -0.363. The predicted molar refractivity (Wildman–Crippen MR) is 116 cm³/mol. The van der Waals surface area contributed by atoms with E-state index in [1.165, 1.54) is 0 Å². The van der Waals surface area contributed by atoms with E-state index in [2.05, 4.69) is 15.3 Å². The molecule has 0 saturated heterocycles. The fraction of sp³-hybridized carbons (Fsp3) is 0.318. The summed E-state index contributed by atoms with van der Waals surface area (Å²) in [5.41, 5.74) is 5.05. The summed E-state index contributed by atoms with van der Waals surface area (Å²) in [5.74, 6) is 0.273. The van der Waals surface area contributed by atoms with Gasteiger partial charge < -0.3 is 15.2 Å². The summed E-state index contributed by atoms with van der Waals surface area (Å²) in [4.78, 5) is 33.0. The van der Waals surface area contributed by atoms with E-state index in [4.69, 9.17) is 5.21 Å². The van der Waals surface area contributed by atoms with Gasteiger partial charge in [-0.3, -0.25) is 14.8 Å². The number of carbonyl (C=O) groups excluding carboxylic acids is 2. The molecule has 2 aromatic carbocycles. The summed E-state index contributed by atoms with van der Waals surface area (Å²) in [5, 5.41) is 11.3. The topological polar surface area (TPSA) is 110 Å². The van der Waals surface area contributed by atoms with Crippen molar-refractivity contribution in [2.24, 2.45) is 0 Å². The number of nitrogens with one attached hydrogen (secondary N) is 3. The molecule has 8 nitrogen and oxygen atoms in total. The number of anilines is 2. The number of benzene rings is 2. The van der Waals surface area contributed by atoms with Crippen LogP contribution >= 0.6 is 0 Å². The van der Waals surface area contributed by atoms with Gasteiger partial charge in [0.1, 0.15) is 0 Å². The molecule has 0 aliphatic heterocycles. The smallest absolute Gasteiger partial charge is 0.251 e. The zero-order valence-electron chi connectivity index (χ0n) is 17.0. The Morgan fingerprint density at radius 2 is 1.77 bits per heavy atom. The molecule has 0 aliphatic rings. The van der Waals surface area contributed by atoms with Crippen LogP contribution in [-0.4, -0.2) is 40.6 Å². The summed E-state index contributed by atoms with van der Waals surface area (Å²) < 4.78 is 0. The van der Waals surface area contributed by atoms with Crippen LogP contribution in [0.3, 0.4) is 0 Å². The van der Waals surface area contributed by atoms with Gasteiger partial charge in [0.15, 0.2) is 0 Å². The molecule has 0 bridgehead atoms. The molecule has 2 amide bonds. The lowest BCUT2D eigenvalue weighted by molar-refractivity contribution is -0.129. The zero-order chi connectivity index (χ0) is 21.3. The van der Waals surface area contributed by atoms with Crippen molar-refractivity contribution in [2.75, 3.05) is 18.5 Å². The molecule has 0 unspecified atom stereocenters. The van der Waals surface area contributed by atoms with Crippen molar-refractivity contribution in [3.05, 3.63) is 54.1 Å². The second-order valence-electron chi connectivity index (χ2n) is 7.14. The number of H-pyrrole nitrogens is 1. The predicted octanol–water partition coefficient (Wildman–Crippen LogP) is 3.52. The van der Waals surface area contributed by atoms with E-state index >= 15 is 0 Å². The van der Waals surface area contributed by atoms with Crippen molar-refractivity contribution < 1.29 is 14.8 Å². The number of imidazole rings is 1. The van der Waals surface area contributed by atoms with E-state index in [1.807, 2.05) is 48.3 Å². The highest BCUT2D eigenvalue weighted by atomic mass is 16.5. The van der Waals surface area contributed by atoms with E-state index in [0.29, 0.717) is 18.5 Å². The van der Waals surface area contributed by atoms with E-state index < -0.39 is 0 Å². The number of nitrogens with zero attached hydrogens (tertiary/aromatic N) is 2. The number of unbranched alkanes of at least 4 members (excludes halogenated alkanes) is 3. The van der Waals surface area contributed by atoms with E-state index in [0.717, 1.165) is 48.4 Å². The number of rotatable bonds is 10. The van der Waals surface area contributed by atoms with Gasteiger partial charge in [-0.05, 0) is 49.2 Å². The summed E-state index contributed by atoms with van der Waals surface area (Å²) in [7, 11) is 1.93. The van der Waals surface area contributed by atoms with E-state index in [-0.39, 0.29) is 11.8 Å². The second-order valence-corrected chi connectivity index (χ2v) is 7.14. The lowest BCUT2D eigenvalue weighted by Gasteiger charge is -2.16. The van der Waals surface area contributed by atoms with Crippen molar-refractivity contribution in [2.45, 2.75) is 32.1 Å². The van der Waals surface area contributed by atoms with Gasteiger partial charge in [-0.25, -0.2) is 10.5 Å². The average Bonchev–Trinajstić information content (AvgIpc) is 3.22. The third-order valence-corrected chi connectivity index (χ3v) is 4.95. The summed E-state index contributed by atoms with van der Waals surface area (Å²) in [6.45, 7) is 0.589. The van der Waals surface area contributed by atoms with Crippen LogP contribution in [0.1, 0.15) is 42.5 Å². The van der Waals surface area contributed by atoms with Gasteiger partial charge in [0.2, 0.25) is 11.9 Å². The molecule has 158 valence electrons.